The first-order valence-corrected chi connectivity index (χ1v) is 18.5. The zero-order chi connectivity index (χ0) is 36.2. The van der Waals surface area contributed by atoms with E-state index >= 15 is 0 Å². The lowest BCUT2D eigenvalue weighted by Gasteiger charge is -2.28. The smallest absolute Gasteiger partial charge is 0.235 e. The van der Waals surface area contributed by atoms with Crippen molar-refractivity contribution < 1.29 is 0 Å². The zero-order valence-electron chi connectivity index (χ0n) is 29.9. The second-order valence-electron chi connectivity index (χ2n) is 13.7. The molecule has 0 N–H and O–H groups in total. The van der Waals surface area contributed by atoms with E-state index in [0.717, 1.165) is 78.9 Å². The molecule has 0 atom stereocenters. The van der Waals surface area contributed by atoms with Gasteiger partial charge in [-0.15, -0.1) is 0 Å². The van der Waals surface area contributed by atoms with Crippen molar-refractivity contribution in [3.8, 4) is 50.7 Å². The first-order chi connectivity index (χ1) is 26.7. The molecule has 2 aromatic heterocycles. The normalized spacial score (nSPS) is 12.4. The third kappa shape index (κ3) is 4.91. The minimum atomic E-state index is 0.632. The van der Waals surface area contributed by atoms with E-state index in [1.165, 1.54) is 21.9 Å². The van der Waals surface area contributed by atoms with Gasteiger partial charge in [-0.25, -0.2) is 9.97 Å². The van der Waals surface area contributed by atoms with E-state index in [-0.39, 0.29) is 0 Å². The second-order valence-corrected chi connectivity index (χ2v) is 13.7. The first kappa shape index (κ1) is 31.7. The average molecular weight is 693 g/mol. The molecule has 0 fully saturated rings. The van der Waals surface area contributed by atoms with Gasteiger partial charge in [-0.3, -0.25) is 4.57 Å². The summed E-state index contributed by atoms with van der Waals surface area (Å²) in [7, 11) is 0. The molecular weight excluding hydrogens is 657 g/mol. The summed E-state index contributed by atoms with van der Waals surface area (Å²) in [5, 5.41) is 4.64. The topological polar surface area (TPSA) is 34.0 Å². The minimum absolute atomic E-state index is 0.632. The number of anilines is 2. The Morgan fingerprint density at radius 1 is 0.574 bits per heavy atom. The van der Waals surface area contributed by atoms with Crippen LogP contribution in [0.4, 0.5) is 11.4 Å². The molecule has 0 bridgehead atoms. The Balaban J connectivity index is 1.24. The number of benzene rings is 7. The van der Waals surface area contributed by atoms with Gasteiger partial charge in [-0.2, -0.15) is 0 Å². The molecule has 0 saturated carbocycles. The molecule has 10 rings (SSSR count). The van der Waals surface area contributed by atoms with E-state index in [4.69, 9.17) is 9.97 Å². The Hall–Kier alpha value is -7.04. The summed E-state index contributed by atoms with van der Waals surface area (Å²) in [6.07, 6.45) is 5.09. The zero-order valence-corrected chi connectivity index (χ0v) is 29.9. The van der Waals surface area contributed by atoms with Gasteiger partial charge in [0.2, 0.25) is 5.95 Å². The van der Waals surface area contributed by atoms with Gasteiger partial charge in [0.1, 0.15) is 0 Å². The maximum Gasteiger partial charge on any atom is 0.235 e. The lowest BCUT2D eigenvalue weighted by molar-refractivity contribution is 0.990. The van der Waals surface area contributed by atoms with Crippen LogP contribution in [0.25, 0.3) is 83.3 Å². The molecule has 0 radical (unpaired) electrons. The van der Waals surface area contributed by atoms with Crippen LogP contribution >= 0.6 is 0 Å². The van der Waals surface area contributed by atoms with Crippen LogP contribution in [0, 0.1) is 0 Å². The summed E-state index contributed by atoms with van der Waals surface area (Å²) < 4.78 is 2.28. The van der Waals surface area contributed by atoms with Crippen LogP contribution in [-0.4, -0.2) is 14.5 Å². The number of aromatic nitrogens is 3. The van der Waals surface area contributed by atoms with Crippen molar-refractivity contribution >= 4 is 44.0 Å². The molecule has 7 aromatic carbocycles. The predicted molar refractivity (Wildman–Crippen MR) is 226 cm³/mol. The van der Waals surface area contributed by atoms with Crippen molar-refractivity contribution in [2.45, 2.75) is 13.3 Å². The van der Waals surface area contributed by atoms with E-state index in [1.807, 2.05) is 6.08 Å². The monoisotopic (exact) mass is 692 g/mol. The SMILES string of the molecule is C=C/C(=C\CC)N1c2ccccc2-c2c(n(-c3nc(-c4ccc(-c5cccc6ccccc56)cc4)c4ccccc4n3)c3ccccc23)-c2ccccc21. The number of nitrogens with zero attached hydrogens (tertiary/aromatic N) is 4. The largest absolute Gasteiger partial charge is 0.310 e. The Morgan fingerprint density at radius 3 is 1.98 bits per heavy atom. The van der Waals surface area contributed by atoms with Crippen LogP contribution in [-0.2, 0) is 0 Å². The van der Waals surface area contributed by atoms with Gasteiger partial charge in [0.15, 0.2) is 0 Å². The summed E-state index contributed by atoms with van der Waals surface area (Å²) in [4.78, 5) is 13.2. The van der Waals surface area contributed by atoms with E-state index < -0.39 is 0 Å². The molecule has 9 aromatic rings. The molecule has 0 spiro atoms. The quantitative estimate of drug-likeness (QED) is 0.163. The lowest BCUT2D eigenvalue weighted by Crippen LogP contribution is -2.16. The Morgan fingerprint density at radius 2 is 1.19 bits per heavy atom. The molecule has 4 nitrogen and oxygen atoms in total. The van der Waals surface area contributed by atoms with Gasteiger partial charge in [0.25, 0.3) is 0 Å². The number of hydrogen-bond donors (Lipinski definition) is 0. The molecule has 0 unspecified atom stereocenters. The number of fused-ring (bicyclic) bond motifs is 9. The second kappa shape index (κ2) is 12.9. The van der Waals surface area contributed by atoms with Crippen molar-refractivity contribution in [3.05, 3.63) is 188 Å². The van der Waals surface area contributed by atoms with Gasteiger partial charge in [-0.1, -0.05) is 159 Å². The molecule has 0 aliphatic carbocycles. The third-order valence-corrected chi connectivity index (χ3v) is 10.6. The van der Waals surface area contributed by atoms with E-state index in [9.17, 15) is 0 Å². The van der Waals surface area contributed by atoms with E-state index in [0.29, 0.717) is 5.95 Å². The van der Waals surface area contributed by atoms with Gasteiger partial charge >= 0.3 is 0 Å². The fourth-order valence-electron chi connectivity index (χ4n) is 8.28. The van der Waals surface area contributed by atoms with Crippen molar-refractivity contribution in [1.82, 2.24) is 14.5 Å². The molecule has 256 valence electrons. The highest BCUT2D eigenvalue weighted by atomic mass is 15.2. The lowest BCUT2D eigenvalue weighted by atomic mass is 9.96. The predicted octanol–water partition coefficient (Wildman–Crippen LogP) is 13.3. The van der Waals surface area contributed by atoms with Gasteiger partial charge < -0.3 is 4.90 Å². The summed E-state index contributed by atoms with van der Waals surface area (Å²) in [6.45, 7) is 6.42. The van der Waals surface area contributed by atoms with E-state index in [1.54, 1.807) is 0 Å². The van der Waals surface area contributed by atoms with Gasteiger partial charge in [0, 0.05) is 38.7 Å². The van der Waals surface area contributed by atoms with Crippen LogP contribution < -0.4 is 4.90 Å². The Kier molecular flexibility index (Phi) is 7.55. The molecule has 1 aliphatic rings. The van der Waals surface area contributed by atoms with Crippen molar-refractivity contribution in [2.75, 3.05) is 4.90 Å². The molecule has 54 heavy (non-hydrogen) atoms. The molecule has 4 heteroatoms. The maximum atomic E-state index is 5.49. The molecule has 1 aliphatic heterocycles. The molecule has 0 saturated heterocycles. The fourth-order valence-corrected chi connectivity index (χ4v) is 8.28. The van der Waals surface area contributed by atoms with E-state index in [2.05, 4.69) is 193 Å². The van der Waals surface area contributed by atoms with Crippen molar-refractivity contribution in [2.24, 2.45) is 0 Å². The molecule has 0 amide bonds. The summed E-state index contributed by atoms with van der Waals surface area (Å²) in [5.74, 6) is 0.632. The number of allylic oxidation sites excluding steroid dienone is 2. The summed E-state index contributed by atoms with van der Waals surface area (Å²) >= 11 is 0. The Bertz CT molecular complexity index is 2940. The van der Waals surface area contributed by atoms with Crippen LogP contribution in [0.2, 0.25) is 0 Å². The summed E-state index contributed by atoms with van der Waals surface area (Å²) in [5.41, 5.74) is 14.0. The van der Waals surface area contributed by atoms with Crippen LogP contribution in [0.1, 0.15) is 13.3 Å². The third-order valence-electron chi connectivity index (χ3n) is 10.6. The number of para-hydroxylation sites is 4. The molecule has 3 heterocycles. The summed E-state index contributed by atoms with van der Waals surface area (Å²) in [6, 6.07) is 58.3. The average Bonchev–Trinajstić information content (AvgIpc) is 3.52. The minimum Gasteiger partial charge on any atom is -0.310 e. The number of hydrogen-bond acceptors (Lipinski definition) is 3. The highest BCUT2D eigenvalue weighted by Gasteiger charge is 2.32. The molecular formula is C50H36N4. The van der Waals surface area contributed by atoms with Gasteiger partial charge in [0.05, 0.1) is 33.8 Å². The fraction of sp³-hybridized carbons (Fsp3) is 0.0400. The van der Waals surface area contributed by atoms with Crippen LogP contribution in [0.5, 0.6) is 0 Å². The van der Waals surface area contributed by atoms with Crippen molar-refractivity contribution in [3.63, 3.8) is 0 Å². The first-order valence-electron chi connectivity index (χ1n) is 18.5. The number of rotatable bonds is 6. The van der Waals surface area contributed by atoms with Crippen LogP contribution in [0.3, 0.4) is 0 Å². The maximum absolute atomic E-state index is 5.49. The highest BCUT2D eigenvalue weighted by molar-refractivity contribution is 6.12. The Labute approximate surface area is 314 Å². The van der Waals surface area contributed by atoms with Crippen molar-refractivity contribution in [1.29, 1.82) is 0 Å². The van der Waals surface area contributed by atoms with Gasteiger partial charge in [-0.05, 0) is 58.7 Å². The van der Waals surface area contributed by atoms with Crippen LogP contribution in [0.15, 0.2) is 188 Å². The standard InChI is InChI=1S/C50H36N4/c1-3-16-36(4-2)53-44-26-12-8-21-40(44)47-41-22-9-13-27-45(41)54(49(47)42-23-10-14-28-46(42)53)50-51-43-25-11-7-20-39(43)48(52-50)35-31-29-34(30-32-35)38-24-15-18-33-17-5-6-19-37(33)38/h4-32H,2-3H2,1H3/b36-16+. The highest BCUT2D eigenvalue weighted by Crippen LogP contribution is 2.53.